The smallest absolute Gasteiger partial charge is 0.211 e. The van der Waals surface area contributed by atoms with Crippen LogP contribution in [0.25, 0.3) is 0 Å². The van der Waals surface area contributed by atoms with Gasteiger partial charge < -0.3 is 5.11 Å². The van der Waals surface area contributed by atoms with Gasteiger partial charge in [0.25, 0.3) is 0 Å². The maximum Gasteiger partial charge on any atom is 0.211 e. The maximum atomic E-state index is 11.1. The molecule has 0 fully saturated rings. The number of aliphatic hydroxyl groups is 1. The Kier molecular flexibility index (Phi) is 6.28. The molecule has 0 aliphatic rings. The molecule has 0 aromatic carbocycles. The normalized spacial score (nSPS) is 14.4. The molecule has 1 unspecified atom stereocenters. The summed E-state index contributed by atoms with van der Waals surface area (Å²) in [7, 11) is -3.16. The van der Waals surface area contributed by atoms with Gasteiger partial charge in [0.2, 0.25) is 10.0 Å². The molecule has 1 atom stereocenters. The maximum absolute atomic E-state index is 11.1. The van der Waals surface area contributed by atoms with E-state index in [1.54, 1.807) is 0 Å². The average Bonchev–Trinajstić information content (AvgIpc) is 2.02. The fourth-order valence-corrected chi connectivity index (χ4v) is 2.13. The van der Waals surface area contributed by atoms with Gasteiger partial charge in [0, 0.05) is 6.54 Å². The highest BCUT2D eigenvalue weighted by Crippen LogP contribution is 1.95. The Bertz CT molecular complexity index is 213. The Morgan fingerprint density at radius 3 is 2.38 bits per heavy atom. The van der Waals surface area contributed by atoms with Gasteiger partial charge in [-0.3, -0.25) is 0 Å². The molecule has 5 heteroatoms. The highest BCUT2D eigenvalue weighted by Gasteiger charge is 2.10. The van der Waals surface area contributed by atoms with Crippen molar-refractivity contribution in [2.75, 3.05) is 12.3 Å². The molecule has 0 radical (unpaired) electrons. The van der Waals surface area contributed by atoms with Gasteiger partial charge >= 0.3 is 0 Å². The first kappa shape index (κ1) is 12.9. The molecule has 0 spiro atoms. The fourth-order valence-electron chi connectivity index (χ4n) is 0.999. The molecule has 0 saturated carbocycles. The molecule has 0 aromatic heterocycles. The highest BCUT2D eigenvalue weighted by molar-refractivity contribution is 7.89. The minimum atomic E-state index is -3.16. The number of aliphatic hydroxyl groups excluding tert-OH is 1. The van der Waals surface area contributed by atoms with Crippen LogP contribution < -0.4 is 4.72 Å². The number of rotatable bonds is 7. The Morgan fingerprint density at radius 1 is 1.31 bits per heavy atom. The van der Waals surface area contributed by atoms with Crippen LogP contribution in [0, 0.1) is 0 Å². The summed E-state index contributed by atoms with van der Waals surface area (Å²) in [5.41, 5.74) is 0. The van der Waals surface area contributed by atoms with Gasteiger partial charge in [0.1, 0.15) is 0 Å². The standard InChI is InChI=1S/C8H19NO3S/c1-3-5-8(10)7-9-13(11,12)6-4-2/h8-10H,3-7H2,1-2H3. The Balaban J connectivity index is 3.74. The molecule has 0 saturated heterocycles. The zero-order chi connectivity index (χ0) is 10.3. The van der Waals surface area contributed by atoms with E-state index in [0.717, 1.165) is 6.42 Å². The first-order chi connectivity index (χ1) is 6.02. The third-order valence-electron chi connectivity index (χ3n) is 1.63. The van der Waals surface area contributed by atoms with Crippen LogP contribution >= 0.6 is 0 Å². The van der Waals surface area contributed by atoms with E-state index in [1.807, 2.05) is 13.8 Å². The van der Waals surface area contributed by atoms with Crippen LogP contribution in [0.5, 0.6) is 0 Å². The summed E-state index contributed by atoms with van der Waals surface area (Å²) in [5, 5.41) is 9.25. The van der Waals surface area contributed by atoms with Crippen LogP contribution in [0.1, 0.15) is 33.1 Å². The first-order valence-electron chi connectivity index (χ1n) is 4.67. The third-order valence-corrected chi connectivity index (χ3v) is 3.19. The van der Waals surface area contributed by atoms with E-state index in [2.05, 4.69) is 4.72 Å². The molecule has 0 aliphatic heterocycles. The lowest BCUT2D eigenvalue weighted by molar-refractivity contribution is 0.167. The second-order valence-corrected chi connectivity index (χ2v) is 5.04. The molecule has 4 nitrogen and oxygen atoms in total. The molecule has 0 heterocycles. The van der Waals surface area contributed by atoms with E-state index >= 15 is 0 Å². The van der Waals surface area contributed by atoms with E-state index < -0.39 is 16.1 Å². The van der Waals surface area contributed by atoms with Crippen LogP contribution in [0.2, 0.25) is 0 Å². The predicted molar refractivity (Wildman–Crippen MR) is 53.0 cm³/mol. The molecule has 0 rings (SSSR count). The molecule has 13 heavy (non-hydrogen) atoms. The van der Waals surface area contributed by atoms with Gasteiger partial charge in [0.05, 0.1) is 11.9 Å². The van der Waals surface area contributed by atoms with Crippen molar-refractivity contribution in [1.82, 2.24) is 4.72 Å². The molecule has 2 N–H and O–H groups in total. The predicted octanol–water partition coefficient (Wildman–Crippen LogP) is 0.477. The van der Waals surface area contributed by atoms with Gasteiger partial charge in [-0.05, 0) is 12.8 Å². The number of sulfonamides is 1. The van der Waals surface area contributed by atoms with Crippen LogP contribution in [0.15, 0.2) is 0 Å². The van der Waals surface area contributed by atoms with Gasteiger partial charge in [-0.2, -0.15) is 0 Å². The SMILES string of the molecule is CCCC(O)CNS(=O)(=O)CCC. The second-order valence-electron chi connectivity index (χ2n) is 3.11. The Morgan fingerprint density at radius 2 is 1.92 bits per heavy atom. The third kappa shape index (κ3) is 6.98. The first-order valence-corrected chi connectivity index (χ1v) is 6.32. The van der Waals surface area contributed by atoms with Crippen molar-refractivity contribution in [2.45, 2.75) is 39.2 Å². The molecule has 0 aliphatic carbocycles. The molecular weight excluding hydrogens is 190 g/mol. The van der Waals surface area contributed by atoms with Crippen LogP contribution in [-0.4, -0.2) is 31.9 Å². The zero-order valence-electron chi connectivity index (χ0n) is 8.28. The van der Waals surface area contributed by atoms with E-state index in [9.17, 15) is 13.5 Å². The summed E-state index contributed by atoms with van der Waals surface area (Å²) >= 11 is 0. The van der Waals surface area contributed by atoms with E-state index in [1.165, 1.54) is 0 Å². The topological polar surface area (TPSA) is 66.4 Å². The van der Waals surface area contributed by atoms with Gasteiger partial charge in [-0.1, -0.05) is 20.3 Å². The fraction of sp³-hybridized carbons (Fsp3) is 1.00. The number of nitrogens with one attached hydrogen (secondary N) is 1. The van der Waals surface area contributed by atoms with Crippen molar-refractivity contribution >= 4 is 10.0 Å². The largest absolute Gasteiger partial charge is 0.392 e. The second kappa shape index (κ2) is 6.34. The van der Waals surface area contributed by atoms with Crippen molar-refractivity contribution in [3.63, 3.8) is 0 Å². The summed E-state index contributed by atoms with van der Waals surface area (Å²) in [5.74, 6) is 0.131. The van der Waals surface area contributed by atoms with Gasteiger partial charge in [-0.25, -0.2) is 13.1 Å². The summed E-state index contributed by atoms with van der Waals surface area (Å²) in [4.78, 5) is 0. The Hall–Kier alpha value is -0.130. The average molecular weight is 209 g/mol. The monoisotopic (exact) mass is 209 g/mol. The van der Waals surface area contributed by atoms with E-state index in [0.29, 0.717) is 12.8 Å². The highest BCUT2D eigenvalue weighted by atomic mass is 32.2. The van der Waals surface area contributed by atoms with Crippen molar-refractivity contribution in [2.24, 2.45) is 0 Å². The minimum Gasteiger partial charge on any atom is -0.392 e. The lowest BCUT2D eigenvalue weighted by Crippen LogP contribution is -2.33. The van der Waals surface area contributed by atoms with E-state index in [-0.39, 0.29) is 12.3 Å². The van der Waals surface area contributed by atoms with E-state index in [4.69, 9.17) is 0 Å². The van der Waals surface area contributed by atoms with Crippen molar-refractivity contribution < 1.29 is 13.5 Å². The molecule has 0 bridgehead atoms. The van der Waals surface area contributed by atoms with Crippen molar-refractivity contribution in [3.05, 3.63) is 0 Å². The molecule has 0 aromatic rings. The number of hydrogen-bond acceptors (Lipinski definition) is 3. The quantitative estimate of drug-likeness (QED) is 0.641. The van der Waals surface area contributed by atoms with Gasteiger partial charge in [0.15, 0.2) is 0 Å². The summed E-state index contributed by atoms with van der Waals surface area (Å²) in [6, 6.07) is 0. The summed E-state index contributed by atoms with van der Waals surface area (Å²) in [6.07, 6.45) is 1.53. The van der Waals surface area contributed by atoms with Crippen LogP contribution in [-0.2, 0) is 10.0 Å². The van der Waals surface area contributed by atoms with Crippen molar-refractivity contribution in [1.29, 1.82) is 0 Å². The number of hydrogen-bond donors (Lipinski definition) is 2. The summed E-state index contributed by atoms with van der Waals surface area (Å²) in [6.45, 7) is 3.89. The Labute approximate surface area is 80.4 Å². The lowest BCUT2D eigenvalue weighted by atomic mass is 10.2. The van der Waals surface area contributed by atoms with Gasteiger partial charge in [-0.15, -0.1) is 0 Å². The lowest BCUT2D eigenvalue weighted by Gasteiger charge is -2.10. The zero-order valence-corrected chi connectivity index (χ0v) is 9.10. The molecular formula is C8H19NO3S. The minimum absolute atomic E-state index is 0.131. The van der Waals surface area contributed by atoms with Crippen molar-refractivity contribution in [3.8, 4) is 0 Å². The molecule has 80 valence electrons. The summed E-state index contributed by atoms with van der Waals surface area (Å²) < 4.78 is 24.6. The van der Waals surface area contributed by atoms with Crippen LogP contribution in [0.3, 0.4) is 0 Å². The molecule has 0 amide bonds. The van der Waals surface area contributed by atoms with Crippen LogP contribution in [0.4, 0.5) is 0 Å².